The number of anilines is 1. The van der Waals surface area contributed by atoms with Crippen LogP contribution in [0.25, 0.3) is 11.0 Å². The van der Waals surface area contributed by atoms with Gasteiger partial charge in [-0.15, -0.1) is 0 Å². The Morgan fingerprint density at radius 2 is 2.19 bits per heavy atom. The second kappa shape index (κ2) is 10.3. The van der Waals surface area contributed by atoms with E-state index in [-0.39, 0.29) is 12.5 Å². The molecule has 0 radical (unpaired) electrons. The Labute approximate surface area is 159 Å². The summed E-state index contributed by atoms with van der Waals surface area (Å²) in [6.45, 7) is 7.35. The zero-order valence-corrected chi connectivity index (χ0v) is 16.2. The van der Waals surface area contributed by atoms with E-state index in [9.17, 15) is 4.79 Å². The molecule has 3 N–H and O–H groups in total. The van der Waals surface area contributed by atoms with Crippen LogP contribution in [0.5, 0.6) is 0 Å². The maximum Gasteiger partial charge on any atom is 0.327 e. The van der Waals surface area contributed by atoms with E-state index >= 15 is 0 Å². The first-order valence-electron chi connectivity index (χ1n) is 9.27. The Hall–Kier alpha value is -2.90. The lowest BCUT2D eigenvalue weighted by Crippen LogP contribution is -2.11. The molecule has 2 aromatic rings. The van der Waals surface area contributed by atoms with Crippen LogP contribution in [0.2, 0.25) is 0 Å². The third-order valence-corrected chi connectivity index (χ3v) is 4.30. The van der Waals surface area contributed by atoms with Crippen LogP contribution in [0.1, 0.15) is 33.6 Å². The molecule has 0 saturated heterocycles. The van der Waals surface area contributed by atoms with Crippen LogP contribution in [-0.4, -0.2) is 39.9 Å². The number of aromatic nitrogens is 3. The van der Waals surface area contributed by atoms with Crippen molar-refractivity contribution in [2.45, 2.75) is 40.2 Å². The summed E-state index contributed by atoms with van der Waals surface area (Å²) in [7, 11) is 0. The summed E-state index contributed by atoms with van der Waals surface area (Å²) in [5, 5.41) is 4.01. The van der Waals surface area contributed by atoms with Crippen LogP contribution in [-0.2, 0) is 16.1 Å². The monoisotopic (exact) mass is 372 g/mol. The second-order valence-electron chi connectivity index (χ2n) is 6.14. The van der Waals surface area contributed by atoms with Crippen molar-refractivity contribution in [1.29, 1.82) is 0 Å². The van der Waals surface area contributed by atoms with E-state index in [1.165, 1.54) is 12.4 Å². The van der Waals surface area contributed by atoms with E-state index in [1.54, 1.807) is 13.1 Å². The summed E-state index contributed by atoms with van der Waals surface area (Å²) in [6.07, 6.45) is 8.89. The molecule has 2 aromatic heterocycles. The molecule has 0 aliphatic rings. The minimum Gasteiger partial charge on any atom is -0.465 e. The minimum absolute atomic E-state index is 0.0645. The number of allylic oxidation sites excluding steroid dienone is 1. The Balaban J connectivity index is 2.11. The molecule has 8 heteroatoms. The summed E-state index contributed by atoms with van der Waals surface area (Å²) in [6, 6.07) is 2.02. The van der Waals surface area contributed by atoms with Gasteiger partial charge in [0.05, 0.1) is 12.3 Å². The van der Waals surface area contributed by atoms with Crippen LogP contribution in [0.15, 0.2) is 35.3 Å². The lowest BCUT2D eigenvalue weighted by molar-refractivity contribution is -0.141. The Morgan fingerprint density at radius 1 is 1.41 bits per heavy atom. The van der Waals surface area contributed by atoms with Crippen LogP contribution in [0, 0.1) is 5.92 Å². The number of fused-ring (bicyclic) bond motifs is 1. The number of aliphatic imine (C=N–C) groups is 1. The van der Waals surface area contributed by atoms with Gasteiger partial charge >= 0.3 is 5.97 Å². The predicted molar refractivity (Wildman–Crippen MR) is 107 cm³/mol. The number of carbonyl (C=O) groups excluding carboxylic acids is 1. The number of nitrogens with zero attached hydrogens (tertiary/aromatic N) is 4. The zero-order valence-electron chi connectivity index (χ0n) is 16.2. The summed E-state index contributed by atoms with van der Waals surface area (Å²) in [4.78, 5) is 24.3. The number of hydrogen-bond donors (Lipinski definition) is 2. The van der Waals surface area contributed by atoms with Crippen molar-refractivity contribution in [2.75, 3.05) is 18.5 Å². The Morgan fingerprint density at radius 3 is 2.85 bits per heavy atom. The zero-order chi connectivity index (χ0) is 19.6. The van der Waals surface area contributed by atoms with E-state index in [0.717, 1.165) is 30.4 Å². The summed E-state index contributed by atoms with van der Waals surface area (Å²) < 4.78 is 6.98. The highest BCUT2D eigenvalue weighted by molar-refractivity contribution is 5.85. The SMILES string of the molecule is CCOC(=O)CN=CC(=CN)Nc1ncc2ccn(CC(CC)CC)c2n1. The van der Waals surface area contributed by atoms with Crippen molar-refractivity contribution in [3.05, 3.63) is 30.4 Å². The molecular weight excluding hydrogens is 344 g/mol. The van der Waals surface area contributed by atoms with E-state index in [2.05, 4.69) is 38.7 Å². The topological polar surface area (TPSA) is 107 Å². The molecule has 0 aliphatic heterocycles. The molecule has 2 heterocycles. The Kier molecular flexibility index (Phi) is 7.79. The predicted octanol–water partition coefficient (Wildman–Crippen LogP) is 2.71. The van der Waals surface area contributed by atoms with Gasteiger partial charge in [0.1, 0.15) is 12.2 Å². The number of ether oxygens (including phenoxy) is 1. The first kappa shape index (κ1) is 20.4. The molecular formula is C19H28N6O2. The average Bonchev–Trinajstić information content (AvgIpc) is 3.07. The van der Waals surface area contributed by atoms with Crippen molar-refractivity contribution in [2.24, 2.45) is 16.6 Å². The fraction of sp³-hybridized carbons (Fsp3) is 0.474. The highest BCUT2D eigenvalue weighted by Crippen LogP contribution is 2.19. The first-order valence-corrected chi connectivity index (χ1v) is 9.27. The molecule has 0 unspecified atom stereocenters. The van der Waals surface area contributed by atoms with Gasteiger partial charge in [-0.25, -0.2) is 4.98 Å². The van der Waals surface area contributed by atoms with Gasteiger partial charge in [0.15, 0.2) is 0 Å². The maximum atomic E-state index is 11.3. The molecule has 0 spiro atoms. The molecule has 0 aliphatic carbocycles. The second-order valence-corrected chi connectivity index (χ2v) is 6.14. The maximum absolute atomic E-state index is 11.3. The average molecular weight is 372 g/mol. The first-order chi connectivity index (χ1) is 13.1. The van der Waals surface area contributed by atoms with Crippen molar-refractivity contribution in [3.63, 3.8) is 0 Å². The fourth-order valence-corrected chi connectivity index (χ4v) is 2.67. The quantitative estimate of drug-likeness (QED) is 0.490. The molecule has 0 bridgehead atoms. The number of carbonyl (C=O) groups is 1. The molecule has 8 nitrogen and oxygen atoms in total. The highest BCUT2D eigenvalue weighted by atomic mass is 16.5. The lowest BCUT2D eigenvalue weighted by Gasteiger charge is -2.14. The van der Waals surface area contributed by atoms with Gasteiger partial charge < -0.3 is 20.4 Å². The van der Waals surface area contributed by atoms with E-state index in [0.29, 0.717) is 24.2 Å². The molecule has 146 valence electrons. The Bertz CT molecular complexity index is 808. The highest BCUT2D eigenvalue weighted by Gasteiger charge is 2.10. The number of nitrogens with two attached hydrogens (primary N) is 1. The molecule has 0 saturated carbocycles. The van der Waals surface area contributed by atoms with Crippen molar-refractivity contribution in [1.82, 2.24) is 14.5 Å². The van der Waals surface area contributed by atoms with Gasteiger partial charge in [0.25, 0.3) is 0 Å². The number of rotatable bonds is 10. The largest absolute Gasteiger partial charge is 0.465 e. The van der Waals surface area contributed by atoms with Crippen LogP contribution in [0.4, 0.5) is 5.95 Å². The van der Waals surface area contributed by atoms with Gasteiger partial charge in [0, 0.05) is 36.7 Å². The smallest absolute Gasteiger partial charge is 0.327 e. The van der Waals surface area contributed by atoms with Gasteiger partial charge in [-0.1, -0.05) is 26.7 Å². The van der Waals surface area contributed by atoms with E-state index in [4.69, 9.17) is 10.5 Å². The fourth-order valence-electron chi connectivity index (χ4n) is 2.67. The molecule has 27 heavy (non-hydrogen) atoms. The lowest BCUT2D eigenvalue weighted by atomic mass is 10.0. The molecule has 0 amide bonds. The van der Waals surface area contributed by atoms with Crippen molar-refractivity contribution < 1.29 is 9.53 Å². The van der Waals surface area contributed by atoms with Crippen LogP contribution < -0.4 is 11.1 Å². The van der Waals surface area contributed by atoms with Crippen molar-refractivity contribution >= 4 is 29.2 Å². The van der Waals surface area contributed by atoms with Gasteiger partial charge in [0.2, 0.25) is 5.95 Å². The minimum atomic E-state index is -0.387. The van der Waals surface area contributed by atoms with Crippen LogP contribution >= 0.6 is 0 Å². The van der Waals surface area contributed by atoms with Crippen molar-refractivity contribution in [3.8, 4) is 0 Å². The van der Waals surface area contributed by atoms with Gasteiger partial charge in [-0.2, -0.15) is 4.98 Å². The van der Waals surface area contributed by atoms with E-state index in [1.807, 2.05) is 12.3 Å². The number of nitrogens with one attached hydrogen (secondary N) is 1. The van der Waals surface area contributed by atoms with Crippen LogP contribution in [0.3, 0.4) is 0 Å². The standard InChI is InChI=1S/C19H28N6O2/c1-4-14(5-2)13-25-8-7-15-10-22-19(24-18(15)25)23-16(9-20)11-21-12-17(26)27-6-3/h7-11,14H,4-6,12-13,20H2,1-3H3,(H,22,23,24). The van der Waals surface area contributed by atoms with Gasteiger partial charge in [-0.05, 0) is 18.9 Å². The third kappa shape index (κ3) is 5.80. The molecule has 0 fully saturated rings. The molecule has 2 rings (SSSR count). The number of esters is 1. The molecule has 0 aromatic carbocycles. The summed E-state index contributed by atoms with van der Waals surface area (Å²) in [5.41, 5.74) is 7.00. The summed E-state index contributed by atoms with van der Waals surface area (Å²) >= 11 is 0. The molecule has 0 atom stereocenters. The number of hydrogen-bond acceptors (Lipinski definition) is 7. The summed E-state index contributed by atoms with van der Waals surface area (Å²) in [5.74, 6) is 0.648. The third-order valence-electron chi connectivity index (χ3n) is 4.30. The van der Waals surface area contributed by atoms with E-state index < -0.39 is 0 Å². The normalized spacial score (nSPS) is 12.2. The van der Waals surface area contributed by atoms with Gasteiger partial charge in [-0.3, -0.25) is 9.79 Å².